The van der Waals surface area contributed by atoms with Gasteiger partial charge in [-0.25, -0.2) is 0 Å². The molecule has 4 unspecified atom stereocenters. The lowest BCUT2D eigenvalue weighted by molar-refractivity contribution is -0.00511. The third kappa shape index (κ3) is 4.86. The maximum absolute atomic E-state index is 6.91. The summed E-state index contributed by atoms with van der Waals surface area (Å²) in [5, 5.41) is 2.96. The molecule has 4 atom stereocenters. The van der Waals surface area contributed by atoms with E-state index in [1.165, 1.54) is 138 Å². The van der Waals surface area contributed by atoms with Gasteiger partial charge in [0.2, 0.25) is 0 Å². The lowest BCUT2D eigenvalue weighted by atomic mass is 9.44. The number of fused-ring (bicyclic) bond motifs is 11. The molecule has 7 aliphatic carbocycles. The van der Waals surface area contributed by atoms with Crippen molar-refractivity contribution in [2.24, 2.45) is 35.5 Å². The van der Waals surface area contributed by atoms with Crippen molar-refractivity contribution in [1.29, 1.82) is 0 Å². The Morgan fingerprint density at radius 3 is 2.00 bits per heavy atom. The molecule has 5 heteroatoms. The molecule has 8 aromatic rings. The van der Waals surface area contributed by atoms with E-state index in [1.807, 2.05) is 0 Å². The highest BCUT2D eigenvalue weighted by molar-refractivity contribution is 6.90. The third-order valence-electron chi connectivity index (χ3n) is 19.8. The zero-order chi connectivity index (χ0) is 43.3. The minimum Gasteiger partial charge on any atom is -0.453 e. The monoisotopic (exact) mass is 867 g/mol. The van der Waals surface area contributed by atoms with Crippen molar-refractivity contribution < 1.29 is 4.74 Å². The van der Waals surface area contributed by atoms with Gasteiger partial charge in [-0.3, -0.25) is 0 Å². The summed E-state index contributed by atoms with van der Waals surface area (Å²) >= 11 is 0. The maximum Gasteiger partial charge on any atom is 0.333 e. The van der Waals surface area contributed by atoms with Crippen LogP contribution in [0.3, 0.4) is 0 Å². The van der Waals surface area contributed by atoms with Crippen molar-refractivity contribution >= 4 is 73.7 Å². The normalized spacial score (nSPS) is 29.3. The predicted octanol–water partition coefficient (Wildman–Crippen LogP) is 14.7. The quantitative estimate of drug-likeness (QED) is 0.161. The van der Waals surface area contributed by atoms with Crippen molar-refractivity contribution in [2.45, 2.75) is 87.9 Å². The lowest BCUT2D eigenvalue weighted by Gasteiger charge is -2.57. The summed E-state index contributed by atoms with van der Waals surface area (Å²) in [4.78, 5) is 5.06. The van der Waals surface area contributed by atoms with Crippen LogP contribution in [0.15, 0.2) is 146 Å². The van der Waals surface area contributed by atoms with Gasteiger partial charge >= 0.3 is 6.85 Å². The Morgan fingerprint density at radius 2 is 1.21 bits per heavy atom. The van der Waals surface area contributed by atoms with Crippen LogP contribution in [0.2, 0.25) is 0 Å². The second-order valence-corrected chi connectivity index (χ2v) is 23.2. The Bertz CT molecular complexity index is 3370. The molecule has 7 saturated carbocycles. The number of para-hydroxylation sites is 5. The number of benzene rings is 7. The highest BCUT2D eigenvalue weighted by Crippen LogP contribution is 2.64. The first-order chi connectivity index (χ1) is 33.0. The molecule has 10 aliphatic rings. The molecule has 0 saturated heterocycles. The molecule has 7 fully saturated rings. The molecule has 3 aliphatic heterocycles. The van der Waals surface area contributed by atoms with E-state index in [-0.39, 0.29) is 12.3 Å². The molecule has 1 aromatic heterocycles. The number of anilines is 6. The highest BCUT2D eigenvalue weighted by Gasteiger charge is 2.54. The van der Waals surface area contributed by atoms with Gasteiger partial charge in [-0.1, -0.05) is 66.7 Å². The Balaban J connectivity index is 0.996. The van der Waals surface area contributed by atoms with Crippen LogP contribution in [-0.4, -0.2) is 11.3 Å². The molecule has 67 heavy (non-hydrogen) atoms. The summed E-state index contributed by atoms with van der Waals surface area (Å²) in [5.41, 5.74) is 19.2. The molecule has 326 valence electrons. The third-order valence-corrected chi connectivity index (χ3v) is 19.8. The van der Waals surface area contributed by atoms with E-state index in [4.69, 9.17) is 4.74 Å². The average molecular weight is 868 g/mol. The van der Waals surface area contributed by atoms with Crippen molar-refractivity contribution in [3.8, 4) is 22.6 Å². The summed E-state index contributed by atoms with van der Waals surface area (Å²) in [6.45, 7) is -0.0242. The van der Waals surface area contributed by atoms with Gasteiger partial charge in [0.05, 0.1) is 11.4 Å². The van der Waals surface area contributed by atoms with Crippen molar-refractivity contribution in [1.82, 2.24) is 4.48 Å². The number of hydrogen-bond acceptors (Lipinski definition) is 3. The van der Waals surface area contributed by atoms with Gasteiger partial charge in [0.15, 0.2) is 11.5 Å². The Kier molecular flexibility index (Phi) is 7.08. The summed E-state index contributed by atoms with van der Waals surface area (Å²) < 4.78 is 9.73. The molecule has 0 radical (unpaired) electrons. The molecule has 7 bridgehead atoms. The fraction of sp³-hybridized carbons (Fsp3) is 0.323. The van der Waals surface area contributed by atoms with E-state index < -0.39 is 0 Å². The zero-order valence-corrected chi connectivity index (χ0v) is 38.1. The molecule has 0 amide bonds. The number of hydrogen-bond donors (Lipinski definition) is 0. The molecule has 4 nitrogen and oxygen atoms in total. The van der Waals surface area contributed by atoms with Crippen LogP contribution in [0.4, 0.5) is 34.1 Å². The van der Waals surface area contributed by atoms with Crippen LogP contribution in [0.25, 0.3) is 32.9 Å². The second-order valence-electron chi connectivity index (χ2n) is 23.2. The minimum atomic E-state index is -0.0242. The Labute approximate surface area is 393 Å². The molecule has 4 heterocycles. The maximum atomic E-state index is 6.91. The largest absolute Gasteiger partial charge is 0.453 e. The smallest absolute Gasteiger partial charge is 0.333 e. The fourth-order valence-corrected chi connectivity index (χ4v) is 17.8. The predicted molar refractivity (Wildman–Crippen MR) is 274 cm³/mol. The molecule has 0 spiro atoms. The summed E-state index contributed by atoms with van der Waals surface area (Å²) in [5.74, 6) is 7.27. The van der Waals surface area contributed by atoms with Crippen LogP contribution in [0.1, 0.15) is 88.2 Å². The first kappa shape index (κ1) is 36.9. The van der Waals surface area contributed by atoms with Gasteiger partial charge in [0, 0.05) is 50.1 Å². The van der Waals surface area contributed by atoms with Gasteiger partial charge in [0.25, 0.3) is 0 Å². The lowest BCUT2D eigenvalue weighted by Crippen LogP contribution is -2.57. The number of rotatable bonds is 5. The first-order valence-electron chi connectivity index (χ1n) is 26.0. The van der Waals surface area contributed by atoms with Crippen molar-refractivity contribution in [3.05, 3.63) is 157 Å². The molecular weight excluding hydrogens is 814 g/mol. The molecule has 18 rings (SSSR count). The van der Waals surface area contributed by atoms with E-state index in [1.54, 1.807) is 11.1 Å². The van der Waals surface area contributed by atoms with Crippen LogP contribution >= 0.6 is 0 Å². The van der Waals surface area contributed by atoms with Gasteiger partial charge in [-0.05, 0) is 230 Å². The Hall–Kier alpha value is -6.20. The molecular formula is C62H54BN3O. The summed E-state index contributed by atoms with van der Waals surface area (Å²) in [6, 6.07) is 56.2. The zero-order valence-electron chi connectivity index (χ0n) is 38.1. The summed E-state index contributed by atoms with van der Waals surface area (Å²) in [7, 11) is 0. The topological polar surface area (TPSA) is 20.6 Å². The van der Waals surface area contributed by atoms with Crippen LogP contribution < -0.4 is 25.5 Å². The number of nitrogens with zero attached hydrogens (tertiary/aromatic N) is 3. The van der Waals surface area contributed by atoms with Crippen LogP contribution in [-0.2, 0) is 10.8 Å². The Morgan fingerprint density at radius 1 is 0.522 bits per heavy atom. The number of aromatic nitrogens is 1. The van der Waals surface area contributed by atoms with E-state index in [2.05, 4.69) is 160 Å². The van der Waals surface area contributed by atoms with Gasteiger partial charge in [-0.15, -0.1) is 0 Å². The second kappa shape index (κ2) is 12.9. The average Bonchev–Trinajstić information content (AvgIpc) is 3.79. The SMILES string of the molecule is c1ccc(N(c2ccccc2)c2cc3c4c(c2)N2c5ccccc5Oc5cccc(c52)B4n2c4ccc(C56CCC7CC(CC7C5)C6)cc4c4cc(C56CC7CC(CC(C7)C5)C6)cc-3c42)cc1. The van der Waals surface area contributed by atoms with E-state index in [9.17, 15) is 0 Å². The van der Waals surface area contributed by atoms with Gasteiger partial charge < -0.3 is 19.0 Å². The van der Waals surface area contributed by atoms with Gasteiger partial charge in [-0.2, -0.15) is 0 Å². The molecule has 0 N–H and O–H groups in total. The number of ether oxygens (including phenoxy) is 1. The minimum absolute atomic E-state index is 0.0242. The van der Waals surface area contributed by atoms with Crippen molar-refractivity contribution in [2.75, 3.05) is 9.80 Å². The van der Waals surface area contributed by atoms with E-state index in [0.29, 0.717) is 5.41 Å². The highest BCUT2D eigenvalue weighted by atomic mass is 16.5. The van der Waals surface area contributed by atoms with E-state index >= 15 is 0 Å². The first-order valence-corrected chi connectivity index (χ1v) is 26.0. The van der Waals surface area contributed by atoms with Gasteiger partial charge in [0.1, 0.15) is 0 Å². The van der Waals surface area contributed by atoms with Crippen LogP contribution in [0.5, 0.6) is 11.5 Å². The summed E-state index contributed by atoms with van der Waals surface area (Å²) in [6.07, 6.45) is 17.0. The van der Waals surface area contributed by atoms with E-state index in [0.717, 1.165) is 64.1 Å². The fourth-order valence-electron chi connectivity index (χ4n) is 17.8. The van der Waals surface area contributed by atoms with Crippen molar-refractivity contribution in [3.63, 3.8) is 0 Å². The van der Waals surface area contributed by atoms with Crippen LogP contribution in [0, 0.1) is 35.5 Å². The molecule has 7 aromatic carbocycles. The standard InChI is InChI=1S/C62H54BN3O/c1-3-10-45(11-4-1)64(46-12-5-2-6-13-46)47-30-49-51-29-44(62-33-37-22-38(34-62)24-39(23-37)35-62)28-50-48-27-43(61-21-20-41-25-40(32-61)26-42(41)36-61)18-19-53(48)66(59(50)51)63-52-14-9-17-57-60(52)65(55(31-47)58(49)63)54-15-7-8-16-56(54)67-57/h1-19,27-31,37-42H,20-26,32-36H2.